The minimum Gasteiger partial charge on any atom is -0.409 e. The van der Waals surface area contributed by atoms with Crippen molar-refractivity contribution in [3.05, 3.63) is 48.0 Å². The van der Waals surface area contributed by atoms with E-state index in [4.69, 9.17) is 10.9 Å². The van der Waals surface area contributed by atoms with Crippen molar-refractivity contribution in [1.29, 1.82) is 0 Å². The fourth-order valence-electron chi connectivity index (χ4n) is 1.59. The lowest BCUT2D eigenvalue weighted by Gasteiger charge is -2.02. The van der Waals surface area contributed by atoms with Crippen molar-refractivity contribution < 1.29 is 5.21 Å². The lowest BCUT2D eigenvalue weighted by molar-refractivity contribution is 0.317. The minimum absolute atomic E-state index is 0.227. The first kappa shape index (κ1) is 9.52. The molecule has 0 saturated heterocycles. The third-order valence-electron chi connectivity index (χ3n) is 2.33. The number of nitrogens with zero attached hydrogens (tertiary/aromatic N) is 1. The Morgan fingerprint density at radius 2 is 1.87 bits per heavy atom. The molecule has 0 aliphatic heterocycles. The Balaban J connectivity index is 2.39. The highest BCUT2D eigenvalue weighted by atomic mass is 16.4. The van der Waals surface area contributed by atoms with E-state index in [2.05, 4.69) is 11.2 Å². The average molecular weight is 200 g/mol. The number of amidine groups is 1. The molecule has 0 radical (unpaired) electrons. The van der Waals surface area contributed by atoms with Gasteiger partial charge < -0.3 is 10.9 Å². The molecule has 76 valence electrons. The first-order chi connectivity index (χ1) is 7.29. The number of benzene rings is 2. The third kappa shape index (κ3) is 2.07. The Kier molecular flexibility index (Phi) is 2.54. The van der Waals surface area contributed by atoms with Crippen molar-refractivity contribution in [1.82, 2.24) is 0 Å². The molecule has 15 heavy (non-hydrogen) atoms. The zero-order chi connectivity index (χ0) is 10.7. The van der Waals surface area contributed by atoms with E-state index in [1.807, 2.05) is 36.4 Å². The summed E-state index contributed by atoms with van der Waals surface area (Å²) in [5.74, 6) is 0.227. The van der Waals surface area contributed by atoms with E-state index in [9.17, 15) is 0 Å². The van der Waals surface area contributed by atoms with Crippen LogP contribution in [0.5, 0.6) is 0 Å². The largest absolute Gasteiger partial charge is 0.409 e. The molecular formula is C12H12N2O. The van der Waals surface area contributed by atoms with E-state index >= 15 is 0 Å². The zero-order valence-electron chi connectivity index (χ0n) is 8.22. The smallest absolute Gasteiger partial charge is 0.143 e. The van der Waals surface area contributed by atoms with Gasteiger partial charge in [0.05, 0.1) is 0 Å². The van der Waals surface area contributed by atoms with Crippen molar-refractivity contribution in [2.75, 3.05) is 0 Å². The molecule has 3 nitrogen and oxygen atoms in total. The van der Waals surface area contributed by atoms with Crippen molar-refractivity contribution >= 4 is 16.6 Å². The molecule has 0 saturated carbocycles. The van der Waals surface area contributed by atoms with Gasteiger partial charge in [0.15, 0.2) is 0 Å². The maximum Gasteiger partial charge on any atom is 0.143 e. The molecule has 0 aliphatic rings. The molecule has 3 heteroatoms. The van der Waals surface area contributed by atoms with Crippen LogP contribution < -0.4 is 5.73 Å². The Bertz CT molecular complexity index is 506. The molecule has 0 spiro atoms. The lowest BCUT2D eigenvalue weighted by atomic mass is 10.1. The SMILES string of the molecule is N/C(Cc1ccc2ccccc2c1)=N\O. The summed E-state index contributed by atoms with van der Waals surface area (Å²) >= 11 is 0. The minimum atomic E-state index is 0.227. The highest BCUT2D eigenvalue weighted by molar-refractivity contribution is 5.86. The van der Waals surface area contributed by atoms with Crippen LogP contribution in [0.1, 0.15) is 5.56 Å². The average Bonchev–Trinajstić information content (AvgIpc) is 2.29. The fourth-order valence-corrected chi connectivity index (χ4v) is 1.59. The molecule has 0 aromatic heterocycles. The summed E-state index contributed by atoms with van der Waals surface area (Å²) in [7, 11) is 0. The zero-order valence-corrected chi connectivity index (χ0v) is 8.22. The third-order valence-corrected chi connectivity index (χ3v) is 2.33. The molecule has 0 aliphatic carbocycles. The van der Waals surface area contributed by atoms with E-state index in [-0.39, 0.29) is 5.84 Å². The monoisotopic (exact) mass is 200 g/mol. The van der Waals surface area contributed by atoms with Gasteiger partial charge in [0.25, 0.3) is 0 Å². The predicted molar refractivity (Wildman–Crippen MR) is 61.1 cm³/mol. The van der Waals surface area contributed by atoms with Gasteiger partial charge in [-0.2, -0.15) is 0 Å². The first-order valence-electron chi connectivity index (χ1n) is 4.73. The Morgan fingerprint density at radius 3 is 2.60 bits per heavy atom. The number of hydrogen-bond donors (Lipinski definition) is 2. The van der Waals surface area contributed by atoms with Crippen LogP contribution in [0, 0.1) is 0 Å². The van der Waals surface area contributed by atoms with Gasteiger partial charge in [0.2, 0.25) is 0 Å². The van der Waals surface area contributed by atoms with Crippen LogP contribution in [0.4, 0.5) is 0 Å². The summed E-state index contributed by atoms with van der Waals surface area (Å²) in [6, 6.07) is 14.2. The van der Waals surface area contributed by atoms with Gasteiger partial charge in [0.1, 0.15) is 5.84 Å². The Morgan fingerprint density at radius 1 is 1.13 bits per heavy atom. The summed E-state index contributed by atoms with van der Waals surface area (Å²) in [6.07, 6.45) is 0.474. The molecule has 0 atom stereocenters. The van der Waals surface area contributed by atoms with Gasteiger partial charge in [-0.1, -0.05) is 47.6 Å². The van der Waals surface area contributed by atoms with E-state index in [1.54, 1.807) is 0 Å². The highest BCUT2D eigenvalue weighted by Crippen LogP contribution is 2.15. The van der Waals surface area contributed by atoms with Crippen LogP contribution in [0.25, 0.3) is 10.8 Å². The van der Waals surface area contributed by atoms with Gasteiger partial charge in [-0.3, -0.25) is 0 Å². The van der Waals surface area contributed by atoms with E-state index in [1.165, 1.54) is 10.8 Å². The molecule has 3 N–H and O–H groups in total. The molecule has 2 aromatic rings. The fraction of sp³-hybridized carbons (Fsp3) is 0.0833. The second-order valence-electron chi connectivity index (χ2n) is 3.45. The van der Waals surface area contributed by atoms with Crippen molar-refractivity contribution in [3.63, 3.8) is 0 Å². The number of rotatable bonds is 2. The maximum absolute atomic E-state index is 8.47. The van der Waals surface area contributed by atoms with Crippen LogP contribution in [-0.2, 0) is 6.42 Å². The van der Waals surface area contributed by atoms with Crippen LogP contribution >= 0.6 is 0 Å². The maximum atomic E-state index is 8.47. The van der Waals surface area contributed by atoms with Gasteiger partial charge in [-0.05, 0) is 16.3 Å². The first-order valence-corrected chi connectivity index (χ1v) is 4.73. The Labute approximate surface area is 87.8 Å². The van der Waals surface area contributed by atoms with Crippen LogP contribution in [0.3, 0.4) is 0 Å². The standard InChI is InChI=1S/C12H12N2O/c13-12(14-15)8-9-5-6-10-3-1-2-4-11(10)7-9/h1-7,15H,8H2,(H2,13,14). The molecule has 2 rings (SSSR count). The van der Waals surface area contributed by atoms with Crippen molar-refractivity contribution in [2.45, 2.75) is 6.42 Å². The summed E-state index contributed by atoms with van der Waals surface area (Å²) in [4.78, 5) is 0. The predicted octanol–water partition coefficient (Wildman–Crippen LogP) is 2.13. The lowest BCUT2D eigenvalue weighted by Crippen LogP contribution is -2.14. The summed E-state index contributed by atoms with van der Waals surface area (Å²) in [6.45, 7) is 0. The molecule has 2 aromatic carbocycles. The van der Waals surface area contributed by atoms with Gasteiger partial charge >= 0.3 is 0 Å². The summed E-state index contributed by atoms with van der Waals surface area (Å²) in [5, 5.41) is 13.8. The summed E-state index contributed by atoms with van der Waals surface area (Å²) < 4.78 is 0. The second kappa shape index (κ2) is 4.00. The Hall–Kier alpha value is -2.03. The number of hydrogen-bond acceptors (Lipinski definition) is 2. The molecule has 0 fully saturated rings. The molecule has 0 heterocycles. The van der Waals surface area contributed by atoms with E-state index < -0.39 is 0 Å². The van der Waals surface area contributed by atoms with Crippen LogP contribution in [-0.4, -0.2) is 11.0 Å². The van der Waals surface area contributed by atoms with E-state index in [0.29, 0.717) is 6.42 Å². The normalized spacial score (nSPS) is 11.9. The van der Waals surface area contributed by atoms with Gasteiger partial charge in [0, 0.05) is 6.42 Å². The molecular weight excluding hydrogens is 188 g/mol. The van der Waals surface area contributed by atoms with Gasteiger partial charge in [-0.15, -0.1) is 0 Å². The highest BCUT2D eigenvalue weighted by Gasteiger charge is 1.98. The molecule has 0 amide bonds. The molecule has 0 unspecified atom stereocenters. The van der Waals surface area contributed by atoms with Crippen molar-refractivity contribution in [3.8, 4) is 0 Å². The second-order valence-corrected chi connectivity index (χ2v) is 3.45. The number of nitrogens with two attached hydrogens (primary N) is 1. The number of oxime groups is 1. The van der Waals surface area contributed by atoms with E-state index in [0.717, 1.165) is 5.56 Å². The quantitative estimate of drug-likeness (QED) is 0.337. The van der Waals surface area contributed by atoms with Gasteiger partial charge in [-0.25, -0.2) is 0 Å². The number of fused-ring (bicyclic) bond motifs is 1. The summed E-state index contributed by atoms with van der Waals surface area (Å²) in [5.41, 5.74) is 6.49. The van der Waals surface area contributed by atoms with Crippen molar-refractivity contribution in [2.24, 2.45) is 10.9 Å². The molecule has 0 bridgehead atoms. The van der Waals surface area contributed by atoms with Crippen LogP contribution in [0.15, 0.2) is 47.6 Å². The van der Waals surface area contributed by atoms with Crippen LogP contribution in [0.2, 0.25) is 0 Å². The topological polar surface area (TPSA) is 58.6 Å².